The Balaban J connectivity index is 3.71. The number of rotatable bonds is 15. The normalized spacial score (nSPS) is 15.4. The first-order chi connectivity index (χ1) is 11.6. The summed E-state index contributed by atoms with van der Waals surface area (Å²) in [5.74, 6) is 0. The van der Waals surface area contributed by atoms with Gasteiger partial charge in [0.05, 0.1) is 18.8 Å². The Labute approximate surface area is 155 Å². The largest absolute Gasteiger partial charge is 0.374 e. The van der Waals surface area contributed by atoms with Gasteiger partial charge in [-0.1, -0.05) is 12.8 Å². The van der Waals surface area contributed by atoms with Crippen LogP contribution < -0.4 is 22.5 Å². The van der Waals surface area contributed by atoms with Crippen LogP contribution in [0.25, 0.3) is 0 Å². The van der Waals surface area contributed by atoms with Gasteiger partial charge < -0.3 is 26.7 Å². The molecule has 152 valence electrons. The van der Waals surface area contributed by atoms with Crippen molar-refractivity contribution in [2.45, 2.75) is 96.6 Å². The Morgan fingerprint density at radius 1 is 0.800 bits per heavy atom. The molecule has 7 N–H and O–H groups in total. The molecule has 0 saturated heterocycles. The molecule has 0 aliphatic heterocycles. The molecule has 0 fully saturated rings. The van der Waals surface area contributed by atoms with E-state index in [1.54, 1.807) is 0 Å². The lowest BCUT2D eigenvalue weighted by molar-refractivity contribution is -0.0493. The van der Waals surface area contributed by atoms with Crippen LogP contribution in [0.5, 0.6) is 0 Å². The molecule has 2 unspecified atom stereocenters. The average Bonchev–Trinajstić information content (AvgIpc) is 2.50. The van der Waals surface area contributed by atoms with Crippen molar-refractivity contribution in [3.63, 3.8) is 0 Å². The van der Waals surface area contributed by atoms with Crippen molar-refractivity contribution in [3.05, 3.63) is 0 Å². The Morgan fingerprint density at radius 2 is 1.32 bits per heavy atom. The van der Waals surface area contributed by atoms with Crippen LogP contribution in [0.15, 0.2) is 0 Å². The van der Waals surface area contributed by atoms with Crippen LogP contribution in [0.4, 0.5) is 0 Å². The van der Waals surface area contributed by atoms with Crippen molar-refractivity contribution in [1.82, 2.24) is 5.32 Å². The van der Waals surface area contributed by atoms with Crippen molar-refractivity contribution in [3.8, 4) is 0 Å². The van der Waals surface area contributed by atoms with Crippen LogP contribution in [0, 0.1) is 0 Å². The van der Waals surface area contributed by atoms with Gasteiger partial charge in [0.15, 0.2) is 0 Å². The van der Waals surface area contributed by atoms with Crippen LogP contribution in [-0.2, 0) is 9.47 Å². The third-order valence-corrected chi connectivity index (χ3v) is 3.97. The molecule has 0 aromatic heterocycles. The Bertz CT molecular complexity index is 319. The first-order valence-corrected chi connectivity index (χ1v) is 9.80. The Morgan fingerprint density at radius 3 is 1.84 bits per heavy atom. The second-order valence-corrected chi connectivity index (χ2v) is 8.47. The number of nitrogens with two attached hydrogens (primary N) is 3. The summed E-state index contributed by atoms with van der Waals surface area (Å²) in [7, 11) is 0. The summed E-state index contributed by atoms with van der Waals surface area (Å²) < 4.78 is 11.6. The van der Waals surface area contributed by atoms with Crippen molar-refractivity contribution < 1.29 is 9.47 Å². The summed E-state index contributed by atoms with van der Waals surface area (Å²) in [6, 6.07) is 0.184. The minimum atomic E-state index is -0.358. The van der Waals surface area contributed by atoms with Crippen LogP contribution in [0.3, 0.4) is 0 Å². The minimum absolute atomic E-state index is 0.0773. The molecule has 0 aromatic carbocycles. The molecule has 0 rings (SSSR count). The van der Waals surface area contributed by atoms with E-state index in [2.05, 4.69) is 26.1 Å². The van der Waals surface area contributed by atoms with Crippen molar-refractivity contribution in [2.24, 2.45) is 17.2 Å². The molecule has 6 heteroatoms. The van der Waals surface area contributed by atoms with Crippen LogP contribution in [-0.4, -0.2) is 49.7 Å². The maximum atomic E-state index is 6.09. The van der Waals surface area contributed by atoms with Gasteiger partial charge >= 0.3 is 0 Å². The molecule has 0 radical (unpaired) electrons. The molecular weight excluding hydrogens is 316 g/mol. The number of ether oxygens (including phenoxy) is 2. The smallest absolute Gasteiger partial charge is 0.113 e. The van der Waals surface area contributed by atoms with E-state index in [1.165, 1.54) is 0 Å². The van der Waals surface area contributed by atoms with Gasteiger partial charge in [-0.3, -0.25) is 5.32 Å². The quantitative estimate of drug-likeness (QED) is 0.263. The van der Waals surface area contributed by atoms with Gasteiger partial charge in [-0.25, -0.2) is 0 Å². The zero-order chi connectivity index (χ0) is 19.3. The maximum Gasteiger partial charge on any atom is 0.113 e. The average molecular weight is 361 g/mol. The van der Waals surface area contributed by atoms with Gasteiger partial charge in [-0.05, 0) is 73.4 Å². The summed E-state index contributed by atoms with van der Waals surface area (Å²) in [4.78, 5) is 0. The molecule has 0 heterocycles. The monoisotopic (exact) mass is 360 g/mol. The molecule has 0 bridgehead atoms. The lowest BCUT2D eigenvalue weighted by atomic mass is 10.1. The fourth-order valence-corrected chi connectivity index (χ4v) is 2.36. The molecule has 0 aromatic rings. The van der Waals surface area contributed by atoms with Gasteiger partial charge in [0.1, 0.15) is 5.72 Å². The van der Waals surface area contributed by atoms with E-state index in [4.69, 9.17) is 26.7 Å². The SMILES string of the molecule is CC(C)(C)OCC(N)CCCCNC(C)(C)OCC(N)CCCCN. The summed E-state index contributed by atoms with van der Waals surface area (Å²) in [6.07, 6.45) is 6.17. The molecule has 0 saturated carbocycles. The van der Waals surface area contributed by atoms with E-state index in [0.29, 0.717) is 13.2 Å². The van der Waals surface area contributed by atoms with E-state index in [0.717, 1.165) is 51.6 Å². The molecule has 0 aliphatic rings. The first kappa shape index (κ1) is 24.8. The predicted molar refractivity (Wildman–Crippen MR) is 106 cm³/mol. The standard InChI is InChI=1S/C19H44N4O2/c1-18(2,3)24-14-16(21)11-7-9-13-23-19(4,5)25-15-17(22)10-6-8-12-20/h16-17,23H,6-15,20-22H2,1-5H3. The molecule has 2 atom stereocenters. The fourth-order valence-electron chi connectivity index (χ4n) is 2.36. The first-order valence-electron chi connectivity index (χ1n) is 9.80. The molecule has 25 heavy (non-hydrogen) atoms. The molecule has 0 amide bonds. The van der Waals surface area contributed by atoms with E-state index in [-0.39, 0.29) is 23.4 Å². The Hall–Kier alpha value is -0.240. The minimum Gasteiger partial charge on any atom is -0.374 e. The second kappa shape index (κ2) is 13.0. The highest BCUT2D eigenvalue weighted by Crippen LogP contribution is 2.10. The van der Waals surface area contributed by atoms with Gasteiger partial charge in [0, 0.05) is 12.1 Å². The third kappa shape index (κ3) is 17.0. The maximum absolute atomic E-state index is 6.09. The van der Waals surface area contributed by atoms with Crippen molar-refractivity contribution in [2.75, 3.05) is 26.3 Å². The number of hydrogen-bond donors (Lipinski definition) is 4. The molecule has 0 spiro atoms. The van der Waals surface area contributed by atoms with E-state index in [9.17, 15) is 0 Å². The molecule has 0 aliphatic carbocycles. The highest BCUT2D eigenvalue weighted by molar-refractivity contribution is 4.70. The summed E-state index contributed by atoms with van der Waals surface area (Å²) in [6.45, 7) is 13.1. The zero-order valence-electron chi connectivity index (χ0n) is 17.3. The molecule has 6 nitrogen and oxygen atoms in total. The fraction of sp³-hybridized carbons (Fsp3) is 1.00. The number of unbranched alkanes of at least 4 members (excludes halogenated alkanes) is 2. The summed E-state index contributed by atoms with van der Waals surface area (Å²) >= 11 is 0. The van der Waals surface area contributed by atoms with Gasteiger partial charge in [0.25, 0.3) is 0 Å². The second-order valence-electron chi connectivity index (χ2n) is 8.47. The van der Waals surface area contributed by atoms with E-state index in [1.807, 2.05) is 13.8 Å². The highest BCUT2D eigenvalue weighted by Gasteiger charge is 2.18. The highest BCUT2D eigenvalue weighted by atomic mass is 16.5. The topological polar surface area (TPSA) is 109 Å². The number of hydrogen-bond acceptors (Lipinski definition) is 6. The Kier molecular flexibility index (Phi) is 12.9. The predicted octanol–water partition coefficient (Wildman–Crippen LogP) is 2.10. The van der Waals surface area contributed by atoms with Gasteiger partial charge in [-0.15, -0.1) is 0 Å². The van der Waals surface area contributed by atoms with E-state index >= 15 is 0 Å². The van der Waals surface area contributed by atoms with Gasteiger partial charge in [0.2, 0.25) is 0 Å². The summed E-state index contributed by atoms with van der Waals surface area (Å²) in [5.41, 5.74) is 17.2. The van der Waals surface area contributed by atoms with Crippen molar-refractivity contribution >= 4 is 0 Å². The lowest BCUT2D eigenvalue weighted by Crippen LogP contribution is -2.45. The summed E-state index contributed by atoms with van der Waals surface area (Å²) in [5, 5.41) is 3.44. The van der Waals surface area contributed by atoms with Crippen LogP contribution >= 0.6 is 0 Å². The van der Waals surface area contributed by atoms with Crippen LogP contribution in [0.2, 0.25) is 0 Å². The van der Waals surface area contributed by atoms with E-state index < -0.39 is 0 Å². The van der Waals surface area contributed by atoms with Gasteiger partial charge in [-0.2, -0.15) is 0 Å². The molecular formula is C19H44N4O2. The van der Waals surface area contributed by atoms with Crippen LogP contribution in [0.1, 0.15) is 73.1 Å². The van der Waals surface area contributed by atoms with Crippen molar-refractivity contribution in [1.29, 1.82) is 0 Å². The zero-order valence-corrected chi connectivity index (χ0v) is 17.3. The third-order valence-electron chi connectivity index (χ3n) is 3.97. The lowest BCUT2D eigenvalue weighted by Gasteiger charge is -2.28. The number of nitrogens with one attached hydrogen (secondary N) is 1.